The average Bonchev–Trinajstić information content (AvgIpc) is 2.78. The molecule has 0 aromatic heterocycles. The molecule has 0 aliphatic heterocycles. The van der Waals surface area contributed by atoms with E-state index in [0.717, 1.165) is 17.7 Å². The van der Waals surface area contributed by atoms with Crippen LogP contribution in [0, 0.1) is 0 Å². The lowest BCUT2D eigenvalue weighted by atomic mass is 10.1. The Bertz CT molecular complexity index is 1120. The molecule has 0 unspecified atom stereocenters. The molecule has 0 atom stereocenters. The zero-order chi connectivity index (χ0) is 23.1. The maximum absolute atomic E-state index is 12.6. The van der Waals surface area contributed by atoms with E-state index in [-0.39, 0.29) is 23.9 Å². The predicted octanol–water partition coefficient (Wildman–Crippen LogP) is 3.03. The maximum atomic E-state index is 12.6. The Morgan fingerprint density at radius 1 is 0.781 bits per heavy atom. The molecular formula is C25H26N4O3. The van der Waals surface area contributed by atoms with Gasteiger partial charge < -0.3 is 21.3 Å². The first-order valence-electron chi connectivity index (χ1n) is 10.1. The lowest BCUT2D eigenvalue weighted by Crippen LogP contribution is -2.23. The molecule has 164 valence electrons. The molecule has 0 radical (unpaired) electrons. The van der Waals surface area contributed by atoms with Gasteiger partial charge in [-0.15, -0.1) is 0 Å². The van der Waals surface area contributed by atoms with Gasteiger partial charge in [0.1, 0.15) is 0 Å². The van der Waals surface area contributed by atoms with Crippen molar-refractivity contribution in [3.8, 4) is 0 Å². The summed E-state index contributed by atoms with van der Waals surface area (Å²) < 4.78 is 0. The second-order valence-electron chi connectivity index (χ2n) is 7.72. The van der Waals surface area contributed by atoms with Crippen molar-refractivity contribution >= 4 is 23.4 Å². The molecule has 7 nitrogen and oxygen atoms in total. The number of amides is 3. The number of nitrogens with two attached hydrogens (primary N) is 1. The smallest absolute Gasteiger partial charge is 0.255 e. The standard InChI is InChI=1S/C25H26N4O3/c1-29(2)16-17-9-11-22(12-10-17)28-25(32)20-7-3-5-18(13-20)15-27-24(31)21-8-4-6-19(14-21)23(26)30/h3-14H,15-16H2,1-2H3,(H2,26,30)(H,27,31)(H,28,32). The van der Waals surface area contributed by atoms with Crippen LogP contribution in [0.4, 0.5) is 5.69 Å². The largest absolute Gasteiger partial charge is 0.366 e. The van der Waals surface area contributed by atoms with Crippen LogP contribution in [-0.2, 0) is 13.1 Å². The summed E-state index contributed by atoms with van der Waals surface area (Å²) in [7, 11) is 4.01. The summed E-state index contributed by atoms with van der Waals surface area (Å²) in [4.78, 5) is 38.4. The number of nitrogens with zero attached hydrogens (tertiary/aromatic N) is 1. The lowest BCUT2D eigenvalue weighted by molar-refractivity contribution is 0.0950. The summed E-state index contributed by atoms with van der Waals surface area (Å²) in [6.45, 7) is 1.06. The topological polar surface area (TPSA) is 105 Å². The second-order valence-corrected chi connectivity index (χ2v) is 7.72. The molecule has 0 saturated heterocycles. The van der Waals surface area contributed by atoms with E-state index in [1.807, 2.05) is 44.4 Å². The first-order chi connectivity index (χ1) is 15.3. The fraction of sp³-hybridized carbons (Fsp3) is 0.160. The van der Waals surface area contributed by atoms with Gasteiger partial charge in [0.2, 0.25) is 5.91 Å². The van der Waals surface area contributed by atoms with Gasteiger partial charge in [0, 0.05) is 35.5 Å². The minimum absolute atomic E-state index is 0.229. The van der Waals surface area contributed by atoms with Crippen molar-refractivity contribution < 1.29 is 14.4 Å². The molecule has 0 heterocycles. The summed E-state index contributed by atoms with van der Waals surface area (Å²) in [6.07, 6.45) is 0. The SMILES string of the molecule is CN(C)Cc1ccc(NC(=O)c2cccc(CNC(=O)c3cccc(C(N)=O)c3)c2)cc1. The molecule has 0 saturated carbocycles. The number of carbonyl (C=O) groups excluding carboxylic acids is 3. The van der Waals surface area contributed by atoms with E-state index >= 15 is 0 Å². The molecule has 0 aliphatic rings. The Labute approximate surface area is 187 Å². The van der Waals surface area contributed by atoms with Crippen LogP contribution >= 0.6 is 0 Å². The summed E-state index contributed by atoms with van der Waals surface area (Å²) in [5.41, 5.74) is 9.01. The summed E-state index contributed by atoms with van der Waals surface area (Å²) >= 11 is 0. The Kier molecular flexibility index (Phi) is 7.36. The quantitative estimate of drug-likeness (QED) is 0.511. The van der Waals surface area contributed by atoms with Crippen molar-refractivity contribution in [1.82, 2.24) is 10.2 Å². The van der Waals surface area contributed by atoms with Crippen LogP contribution in [0.15, 0.2) is 72.8 Å². The van der Waals surface area contributed by atoms with Gasteiger partial charge in [0.15, 0.2) is 0 Å². The number of benzene rings is 3. The third-order valence-electron chi connectivity index (χ3n) is 4.76. The normalized spacial score (nSPS) is 10.6. The zero-order valence-corrected chi connectivity index (χ0v) is 18.1. The van der Waals surface area contributed by atoms with Crippen molar-refractivity contribution in [2.75, 3.05) is 19.4 Å². The molecule has 3 rings (SSSR count). The molecule has 0 aliphatic carbocycles. The molecular weight excluding hydrogens is 404 g/mol. The third-order valence-corrected chi connectivity index (χ3v) is 4.76. The van der Waals surface area contributed by atoms with Gasteiger partial charge in [-0.2, -0.15) is 0 Å². The number of hydrogen-bond acceptors (Lipinski definition) is 4. The molecule has 0 fully saturated rings. The van der Waals surface area contributed by atoms with Gasteiger partial charge in [0.05, 0.1) is 0 Å². The molecule has 32 heavy (non-hydrogen) atoms. The van der Waals surface area contributed by atoms with E-state index in [1.165, 1.54) is 6.07 Å². The number of anilines is 1. The van der Waals surface area contributed by atoms with Gasteiger partial charge in [-0.1, -0.05) is 30.3 Å². The fourth-order valence-corrected chi connectivity index (χ4v) is 3.18. The van der Waals surface area contributed by atoms with Crippen LogP contribution in [0.3, 0.4) is 0 Å². The van der Waals surface area contributed by atoms with Gasteiger partial charge >= 0.3 is 0 Å². The highest BCUT2D eigenvalue weighted by Gasteiger charge is 2.10. The summed E-state index contributed by atoms with van der Waals surface area (Å²) in [5, 5.41) is 5.68. The van der Waals surface area contributed by atoms with Crippen LogP contribution < -0.4 is 16.4 Å². The minimum Gasteiger partial charge on any atom is -0.366 e. The van der Waals surface area contributed by atoms with Crippen molar-refractivity contribution in [1.29, 1.82) is 0 Å². The highest BCUT2D eigenvalue weighted by molar-refractivity contribution is 6.04. The van der Waals surface area contributed by atoms with E-state index in [2.05, 4.69) is 15.5 Å². The van der Waals surface area contributed by atoms with Crippen molar-refractivity contribution in [2.45, 2.75) is 13.1 Å². The lowest BCUT2D eigenvalue weighted by Gasteiger charge is -2.11. The Morgan fingerprint density at radius 3 is 2.06 bits per heavy atom. The fourth-order valence-electron chi connectivity index (χ4n) is 3.18. The molecule has 3 amide bonds. The first-order valence-corrected chi connectivity index (χ1v) is 10.1. The zero-order valence-electron chi connectivity index (χ0n) is 18.1. The van der Waals surface area contributed by atoms with Crippen molar-refractivity contribution in [3.05, 3.63) is 101 Å². The molecule has 0 bridgehead atoms. The van der Waals surface area contributed by atoms with Gasteiger partial charge in [0.25, 0.3) is 11.8 Å². The molecule has 4 N–H and O–H groups in total. The van der Waals surface area contributed by atoms with E-state index in [4.69, 9.17) is 5.73 Å². The van der Waals surface area contributed by atoms with Gasteiger partial charge in [-0.05, 0) is 67.7 Å². The number of hydrogen-bond donors (Lipinski definition) is 3. The maximum Gasteiger partial charge on any atom is 0.255 e. The van der Waals surface area contributed by atoms with E-state index in [0.29, 0.717) is 16.8 Å². The first kappa shape index (κ1) is 22.7. The number of primary amides is 1. The van der Waals surface area contributed by atoms with Gasteiger partial charge in [-0.25, -0.2) is 0 Å². The Morgan fingerprint density at radius 2 is 1.41 bits per heavy atom. The molecule has 3 aromatic rings. The van der Waals surface area contributed by atoms with E-state index < -0.39 is 5.91 Å². The Hall–Kier alpha value is -3.97. The number of nitrogens with one attached hydrogen (secondary N) is 2. The van der Waals surface area contributed by atoms with E-state index in [1.54, 1.807) is 36.4 Å². The van der Waals surface area contributed by atoms with Crippen molar-refractivity contribution in [3.63, 3.8) is 0 Å². The monoisotopic (exact) mass is 430 g/mol. The summed E-state index contributed by atoms with van der Waals surface area (Å²) in [5.74, 6) is -1.15. The number of rotatable bonds is 8. The highest BCUT2D eigenvalue weighted by Crippen LogP contribution is 2.14. The molecule has 3 aromatic carbocycles. The summed E-state index contributed by atoms with van der Waals surface area (Å²) in [6, 6.07) is 21.0. The van der Waals surface area contributed by atoms with Gasteiger partial charge in [-0.3, -0.25) is 14.4 Å². The number of carbonyl (C=O) groups is 3. The molecule has 0 spiro atoms. The van der Waals surface area contributed by atoms with Crippen LogP contribution in [0.5, 0.6) is 0 Å². The van der Waals surface area contributed by atoms with Crippen LogP contribution in [0.2, 0.25) is 0 Å². The molecule has 7 heteroatoms. The van der Waals surface area contributed by atoms with Crippen LogP contribution in [-0.4, -0.2) is 36.7 Å². The Balaban J connectivity index is 1.61. The van der Waals surface area contributed by atoms with Crippen LogP contribution in [0.25, 0.3) is 0 Å². The predicted molar refractivity (Wildman–Crippen MR) is 124 cm³/mol. The van der Waals surface area contributed by atoms with Crippen LogP contribution in [0.1, 0.15) is 42.2 Å². The second kappa shape index (κ2) is 10.4. The highest BCUT2D eigenvalue weighted by atomic mass is 16.2. The van der Waals surface area contributed by atoms with E-state index in [9.17, 15) is 14.4 Å². The average molecular weight is 431 g/mol. The third kappa shape index (κ3) is 6.26. The van der Waals surface area contributed by atoms with Crippen molar-refractivity contribution in [2.24, 2.45) is 5.73 Å². The minimum atomic E-state index is -0.592.